The van der Waals surface area contributed by atoms with Gasteiger partial charge in [-0.25, -0.2) is 14.3 Å². The van der Waals surface area contributed by atoms with Crippen molar-refractivity contribution in [1.29, 1.82) is 0 Å². The van der Waals surface area contributed by atoms with E-state index in [0.29, 0.717) is 16.7 Å². The summed E-state index contributed by atoms with van der Waals surface area (Å²) in [6, 6.07) is 10.2. The van der Waals surface area contributed by atoms with E-state index < -0.39 is 44.9 Å². The van der Waals surface area contributed by atoms with E-state index in [1.54, 1.807) is 43.9 Å². The predicted octanol–water partition coefficient (Wildman–Crippen LogP) is 6.62. The number of benzene rings is 1. The zero-order valence-electron chi connectivity index (χ0n) is 26.7. The molecule has 0 amide bonds. The summed E-state index contributed by atoms with van der Waals surface area (Å²) >= 11 is 0. The van der Waals surface area contributed by atoms with Crippen LogP contribution in [0.2, 0.25) is 18.1 Å². The van der Waals surface area contributed by atoms with Crippen LogP contribution in [0.25, 0.3) is 22.2 Å². The number of pyridine rings is 1. The topological polar surface area (TPSA) is 82.9 Å². The molecule has 0 bridgehead atoms. The number of aromatic nitrogens is 2. The second-order valence-corrected chi connectivity index (χ2v) is 17.2. The SMILES string of the molecule is [3H]C([3H])([3H])OC(=O)C1CN(c2ccc(-c3cc4cc(O[Si](C)(C)C(C)(C)C)ccc4n3C(=O)OC(C)(C)C)c(F)n2)C1. The van der Waals surface area contributed by atoms with Crippen LogP contribution in [-0.4, -0.2) is 55.7 Å². The first-order valence-corrected chi connectivity index (χ1v) is 15.8. The molecular weight excluding hydrogens is 517 g/mol. The van der Waals surface area contributed by atoms with Crippen molar-refractivity contribution in [2.45, 2.75) is 65.3 Å². The van der Waals surface area contributed by atoms with Gasteiger partial charge in [-0.1, -0.05) is 20.8 Å². The molecule has 1 fully saturated rings. The summed E-state index contributed by atoms with van der Waals surface area (Å²) in [5.74, 6) is -1.35. The van der Waals surface area contributed by atoms with E-state index in [-0.39, 0.29) is 35.2 Å². The fourth-order valence-corrected chi connectivity index (χ4v) is 5.12. The molecule has 39 heavy (non-hydrogen) atoms. The molecule has 1 saturated heterocycles. The van der Waals surface area contributed by atoms with Gasteiger partial charge in [0.05, 0.1) is 33.8 Å². The van der Waals surface area contributed by atoms with Crippen molar-refractivity contribution < 1.29 is 32.0 Å². The fourth-order valence-electron chi connectivity index (χ4n) is 4.10. The smallest absolute Gasteiger partial charge is 0.419 e. The lowest BCUT2D eigenvalue weighted by Gasteiger charge is -2.38. The Kier molecular flexibility index (Phi) is 6.29. The van der Waals surface area contributed by atoms with Crippen molar-refractivity contribution in [3.05, 3.63) is 42.3 Å². The summed E-state index contributed by atoms with van der Waals surface area (Å²) in [5.41, 5.74) is 0.101. The molecule has 1 aliphatic heterocycles. The van der Waals surface area contributed by atoms with E-state index in [2.05, 4.69) is 43.6 Å². The summed E-state index contributed by atoms with van der Waals surface area (Å²) in [7, 11) is -4.95. The van der Waals surface area contributed by atoms with E-state index in [1.165, 1.54) is 10.6 Å². The third-order valence-corrected chi connectivity index (χ3v) is 11.6. The molecule has 0 aliphatic carbocycles. The molecule has 8 nitrogen and oxygen atoms in total. The summed E-state index contributed by atoms with van der Waals surface area (Å²) in [4.78, 5) is 31.1. The number of esters is 1. The number of carbonyl (C=O) groups is 2. The molecule has 0 radical (unpaired) electrons. The maximum absolute atomic E-state index is 15.6. The van der Waals surface area contributed by atoms with Gasteiger partial charge in [-0.15, -0.1) is 0 Å². The van der Waals surface area contributed by atoms with Gasteiger partial charge in [0.2, 0.25) is 14.3 Å². The maximum atomic E-state index is 15.6. The number of methoxy groups -OCH3 is 1. The minimum atomic E-state index is -2.81. The van der Waals surface area contributed by atoms with Crippen LogP contribution in [0, 0.1) is 11.9 Å². The Morgan fingerprint density at radius 2 is 1.77 bits per heavy atom. The van der Waals surface area contributed by atoms with Crippen molar-refractivity contribution in [2.75, 3.05) is 25.0 Å². The van der Waals surface area contributed by atoms with E-state index >= 15 is 4.39 Å². The lowest BCUT2D eigenvalue weighted by atomic mass is 10.0. The first-order valence-electron chi connectivity index (χ1n) is 14.4. The Hall–Kier alpha value is -3.40. The first kappa shape index (κ1) is 24.6. The standard InChI is InChI=1S/C29H38FN3O5Si/c1-28(2,3)37-27(35)33-22-12-10-20(38-39(8,9)29(4,5)6)14-18(22)15-23(33)21-11-13-24(31-25(21)30)32-16-19(17-32)26(34)36-7/h10-15,19H,16-17H2,1-9H3/i7T3. The number of anilines is 1. The van der Waals surface area contributed by atoms with Crippen molar-refractivity contribution in [3.63, 3.8) is 0 Å². The minimum absolute atomic E-state index is 0.0155. The molecule has 2 aromatic heterocycles. The highest BCUT2D eigenvalue weighted by atomic mass is 28.4. The van der Waals surface area contributed by atoms with Crippen LogP contribution in [0.15, 0.2) is 36.4 Å². The molecule has 0 N–H and O–H groups in total. The monoisotopic (exact) mass is 561 g/mol. The van der Waals surface area contributed by atoms with Crippen LogP contribution in [0.1, 0.15) is 45.7 Å². The van der Waals surface area contributed by atoms with Gasteiger partial charge in [-0.05, 0) is 75.3 Å². The molecule has 0 unspecified atom stereocenters. The highest BCUT2D eigenvalue weighted by Gasteiger charge is 2.39. The first-order chi connectivity index (χ1) is 19.1. The molecule has 0 spiro atoms. The zero-order valence-corrected chi connectivity index (χ0v) is 24.7. The third kappa shape index (κ3) is 5.80. The Morgan fingerprint density at radius 3 is 2.36 bits per heavy atom. The van der Waals surface area contributed by atoms with Gasteiger partial charge in [0.15, 0.2) is 0 Å². The Bertz CT molecular complexity index is 1520. The number of fused-ring (bicyclic) bond motifs is 1. The Morgan fingerprint density at radius 1 is 1.08 bits per heavy atom. The largest absolute Gasteiger partial charge is 0.543 e. The van der Waals surface area contributed by atoms with E-state index in [4.69, 9.17) is 13.3 Å². The lowest BCUT2D eigenvalue weighted by Crippen LogP contribution is -2.51. The summed E-state index contributed by atoms with van der Waals surface area (Å²) in [6.07, 6.45) is -0.660. The molecule has 0 atom stereocenters. The number of hydrogen-bond donors (Lipinski definition) is 0. The van der Waals surface area contributed by atoms with Crippen LogP contribution in [-0.2, 0) is 14.3 Å². The minimum Gasteiger partial charge on any atom is -0.543 e. The Balaban J connectivity index is 1.68. The maximum Gasteiger partial charge on any atom is 0.419 e. The third-order valence-electron chi connectivity index (χ3n) is 7.28. The number of halogens is 1. The normalized spacial score (nSPS) is 16.2. The van der Waals surface area contributed by atoms with Crippen LogP contribution in [0.5, 0.6) is 5.75 Å². The van der Waals surface area contributed by atoms with E-state index in [1.807, 2.05) is 12.1 Å². The predicted molar refractivity (Wildman–Crippen MR) is 152 cm³/mol. The molecule has 4 rings (SSSR count). The number of nitrogens with zero attached hydrogens (tertiary/aromatic N) is 3. The van der Waals surface area contributed by atoms with Crippen molar-refractivity contribution in [1.82, 2.24) is 9.55 Å². The molecule has 10 heteroatoms. The van der Waals surface area contributed by atoms with Crippen molar-refractivity contribution in [3.8, 4) is 17.0 Å². The Labute approximate surface area is 234 Å². The fraction of sp³-hybridized carbons (Fsp3) is 0.483. The summed E-state index contributed by atoms with van der Waals surface area (Å²) < 4.78 is 54.8. The van der Waals surface area contributed by atoms with Gasteiger partial charge in [0.25, 0.3) is 0 Å². The molecule has 1 aromatic carbocycles. The highest BCUT2D eigenvalue weighted by molar-refractivity contribution is 6.74. The molecule has 0 saturated carbocycles. The van der Waals surface area contributed by atoms with Crippen LogP contribution in [0.3, 0.4) is 0 Å². The lowest BCUT2D eigenvalue weighted by molar-refractivity contribution is -0.146. The molecule has 3 heterocycles. The van der Waals surface area contributed by atoms with Crippen molar-refractivity contribution >= 4 is 37.1 Å². The van der Waals surface area contributed by atoms with E-state index in [0.717, 1.165) is 0 Å². The van der Waals surface area contributed by atoms with Gasteiger partial charge in [0.1, 0.15) is 17.2 Å². The highest BCUT2D eigenvalue weighted by Crippen LogP contribution is 2.39. The molecule has 1 aliphatic rings. The number of ether oxygens (including phenoxy) is 2. The van der Waals surface area contributed by atoms with E-state index in [9.17, 15) is 9.59 Å². The van der Waals surface area contributed by atoms with Gasteiger partial charge in [-0.3, -0.25) is 4.79 Å². The second kappa shape index (κ2) is 9.97. The second-order valence-electron chi connectivity index (χ2n) is 12.5. The van der Waals surface area contributed by atoms with Crippen LogP contribution >= 0.6 is 0 Å². The zero-order chi connectivity index (χ0) is 31.4. The summed E-state index contributed by atoms with van der Waals surface area (Å²) in [5, 5.41) is 0.659. The quantitative estimate of drug-likeness (QED) is 0.197. The summed E-state index contributed by atoms with van der Waals surface area (Å²) in [6.45, 7) is 16.3. The average Bonchev–Trinajstić information content (AvgIpc) is 3.13. The van der Waals surface area contributed by atoms with Crippen molar-refractivity contribution in [2.24, 2.45) is 5.92 Å². The number of hydrogen-bond acceptors (Lipinski definition) is 7. The average molecular weight is 562 g/mol. The number of carbonyl (C=O) groups excluding carboxylic acids is 2. The van der Waals surface area contributed by atoms with Crippen LogP contribution in [0.4, 0.5) is 15.0 Å². The van der Waals surface area contributed by atoms with Gasteiger partial charge < -0.3 is 18.8 Å². The molecule has 210 valence electrons. The van der Waals surface area contributed by atoms with Gasteiger partial charge in [0, 0.05) is 18.5 Å². The molecule has 3 aromatic rings. The van der Waals surface area contributed by atoms with Gasteiger partial charge in [-0.2, -0.15) is 4.39 Å². The van der Waals surface area contributed by atoms with Crippen LogP contribution < -0.4 is 9.33 Å². The number of rotatable bonds is 5. The van der Waals surface area contributed by atoms with Gasteiger partial charge >= 0.3 is 12.1 Å². The molecular formula is C29H38FN3O5Si.